The number of hydrogen-bond acceptors (Lipinski definition) is 10. The standard InChI is InChI=1S/C21H20BN5O6S/c23-21-26-14(10-34-21)18(27-17(29)9-16-24-5-2-6-25-16)15(28)8-12-7-11-3-1-4-13(20(30)31)19(11)33-22(12)32/h1-6,10,12,18,32H,7-9H2,(H2,23,26)(H,27,29)(H,30,31)/t12-,18?/m1/s1. The molecule has 2 atom stereocenters. The summed E-state index contributed by atoms with van der Waals surface area (Å²) in [5.41, 5.74) is 6.52. The van der Waals surface area contributed by atoms with E-state index in [0.29, 0.717) is 11.4 Å². The first-order valence-electron chi connectivity index (χ1n) is 10.3. The molecule has 1 aliphatic rings. The molecule has 11 nitrogen and oxygen atoms in total. The highest BCUT2D eigenvalue weighted by Crippen LogP contribution is 2.37. The number of carbonyl (C=O) groups excluding carboxylic acids is 2. The van der Waals surface area contributed by atoms with Crippen molar-refractivity contribution in [1.82, 2.24) is 20.3 Å². The molecule has 0 aliphatic carbocycles. The van der Waals surface area contributed by atoms with Crippen LogP contribution in [0.25, 0.3) is 0 Å². The van der Waals surface area contributed by atoms with E-state index in [1.54, 1.807) is 23.6 Å². The summed E-state index contributed by atoms with van der Waals surface area (Å²) in [5, 5.41) is 24.3. The van der Waals surface area contributed by atoms with Gasteiger partial charge in [0, 0.05) is 30.0 Å². The molecule has 0 bridgehead atoms. The minimum atomic E-state index is -1.40. The second kappa shape index (κ2) is 9.97. The second-order valence-corrected chi connectivity index (χ2v) is 8.58. The number of carboxylic acid groups (broad SMARTS) is 1. The molecule has 2 aromatic heterocycles. The number of thiazole rings is 1. The average molecular weight is 481 g/mol. The number of nitrogen functional groups attached to an aromatic ring is 1. The van der Waals surface area contributed by atoms with Crippen molar-refractivity contribution >= 4 is 41.2 Å². The third kappa shape index (κ3) is 5.21. The first-order chi connectivity index (χ1) is 16.3. The Hall–Kier alpha value is -3.84. The zero-order valence-electron chi connectivity index (χ0n) is 17.7. The molecule has 13 heteroatoms. The fourth-order valence-electron chi connectivity index (χ4n) is 3.73. The Morgan fingerprint density at radius 1 is 1.26 bits per heavy atom. The molecule has 5 N–H and O–H groups in total. The van der Waals surface area contributed by atoms with Gasteiger partial charge in [0.15, 0.2) is 10.9 Å². The number of Topliss-reactive ketones (excluding diaryl/α,β-unsaturated/α-hetero) is 1. The van der Waals surface area contributed by atoms with Gasteiger partial charge in [-0.2, -0.15) is 0 Å². The summed E-state index contributed by atoms with van der Waals surface area (Å²) in [6.07, 6.45) is 2.96. The van der Waals surface area contributed by atoms with E-state index in [4.69, 9.17) is 10.4 Å². The van der Waals surface area contributed by atoms with Gasteiger partial charge in [0.1, 0.15) is 17.6 Å². The number of nitrogens with two attached hydrogens (primary N) is 1. The lowest BCUT2D eigenvalue weighted by Gasteiger charge is -2.28. The first kappa shape index (κ1) is 23.3. The zero-order valence-corrected chi connectivity index (χ0v) is 18.6. The van der Waals surface area contributed by atoms with Gasteiger partial charge in [-0.05, 0) is 24.1 Å². The lowest BCUT2D eigenvalue weighted by atomic mass is 9.64. The quantitative estimate of drug-likeness (QED) is 0.340. The number of benzene rings is 1. The smallest absolute Gasteiger partial charge is 0.526 e. The van der Waals surface area contributed by atoms with E-state index in [0.717, 1.165) is 11.3 Å². The molecule has 174 valence electrons. The van der Waals surface area contributed by atoms with Crippen molar-refractivity contribution in [2.24, 2.45) is 0 Å². The van der Waals surface area contributed by atoms with Crippen molar-refractivity contribution < 1.29 is 29.2 Å². The summed E-state index contributed by atoms with van der Waals surface area (Å²) < 4.78 is 5.47. The van der Waals surface area contributed by atoms with Gasteiger partial charge in [-0.1, -0.05) is 12.1 Å². The van der Waals surface area contributed by atoms with E-state index < -0.39 is 36.6 Å². The van der Waals surface area contributed by atoms with Crippen LogP contribution in [-0.4, -0.2) is 49.9 Å². The molecule has 0 radical (unpaired) electrons. The predicted molar refractivity (Wildman–Crippen MR) is 122 cm³/mol. The average Bonchev–Trinajstić information content (AvgIpc) is 3.24. The lowest BCUT2D eigenvalue weighted by Crippen LogP contribution is -2.39. The molecular formula is C21H20BN5O6S. The van der Waals surface area contributed by atoms with Crippen LogP contribution < -0.4 is 15.7 Å². The van der Waals surface area contributed by atoms with Crippen molar-refractivity contribution in [1.29, 1.82) is 0 Å². The van der Waals surface area contributed by atoms with Crippen LogP contribution in [0.3, 0.4) is 0 Å². The zero-order chi connectivity index (χ0) is 24.2. The van der Waals surface area contributed by atoms with E-state index in [1.807, 2.05) is 0 Å². The van der Waals surface area contributed by atoms with E-state index in [9.17, 15) is 24.5 Å². The molecule has 3 aromatic rings. The Kier molecular flexibility index (Phi) is 6.84. The maximum Gasteiger partial charge on any atom is 0.526 e. The summed E-state index contributed by atoms with van der Waals surface area (Å²) in [6, 6.07) is 5.18. The van der Waals surface area contributed by atoms with Gasteiger partial charge in [0.05, 0.1) is 17.7 Å². The number of aromatic nitrogens is 3. The van der Waals surface area contributed by atoms with Crippen molar-refractivity contribution in [3.8, 4) is 5.75 Å². The minimum absolute atomic E-state index is 0.0625. The first-order valence-corrected chi connectivity index (χ1v) is 11.2. The Labute approximate surface area is 198 Å². The fourth-order valence-corrected chi connectivity index (χ4v) is 4.32. The molecule has 1 amide bonds. The van der Waals surface area contributed by atoms with Crippen LogP contribution in [0.2, 0.25) is 5.82 Å². The SMILES string of the molecule is Nc1nc(C(NC(=O)Cc2ncccn2)C(=O)C[C@H]2Cc3cccc(C(=O)O)c3OB2O)cs1. The van der Waals surface area contributed by atoms with Crippen molar-refractivity contribution in [2.75, 3.05) is 5.73 Å². The van der Waals surface area contributed by atoms with Gasteiger partial charge in [-0.3, -0.25) is 9.59 Å². The highest BCUT2D eigenvalue weighted by molar-refractivity contribution is 7.13. The molecule has 4 rings (SSSR count). The number of anilines is 1. The van der Waals surface area contributed by atoms with Crippen LogP contribution in [0.4, 0.5) is 5.13 Å². The topological polar surface area (TPSA) is 178 Å². The Bertz CT molecular complexity index is 1220. The van der Waals surface area contributed by atoms with Crippen molar-refractivity contribution in [3.05, 3.63) is 64.7 Å². The summed E-state index contributed by atoms with van der Waals surface area (Å²) in [7, 11) is -1.40. The molecule has 1 aromatic carbocycles. The lowest BCUT2D eigenvalue weighted by molar-refractivity contribution is -0.127. The molecule has 0 spiro atoms. The van der Waals surface area contributed by atoms with Crippen LogP contribution in [0.15, 0.2) is 42.0 Å². The van der Waals surface area contributed by atoms with E-state index in [-0.39, 0.29) is 41.4 Å². The second-order valence-electron chi connectivity index (χ2n) is 7.69. The number of rotatable bonds is 8. The third-order valence-electron chi connectivity index (χ3n) is 5.32. The summed E-state index contributed by atoms with van der Waals surface area (Å²) in [5.74, 6) is -2.33. The third-order valence-corrected chi connectivity index (χ3v) is 6.01. The number of fused-ring (bicyclic) bond motifs is 1. The highest BCUT2D eigenvalue weighted by atomic mass is 32.1. The number of carboxylic acids is 1. The van der Waals surface area contributed by atoms with Crippen molar-refractivity contribution in [2.45, 2.75) is 31.1 Å². The maximum absolute atomic E-state index is 13.3. The van der Waals surface area contributed by atoms with Crippen LogP contribution in [-0.2, 0) is 22.4 Å². The van der Waals surface area contributed by atoms with E-state index >= 15 is 0 Å². The van der Waals surface area contributed by atoms with Gasteiger partial charge in [-0.15, -0.1) is 11.3 Å². The number of para-hydroxylation sites is 1. The number of nitrogens with one attached hydrogen (secondary N) is 1. The Morgan fingerprint density at radius 2 is 2.03 bits per heavy atom. The largest absolute Gasteiger partial charge is 0.535 e. The Morgan fingerprint density at radius 3 is 2.71 bits per heavy atom. The molecule has 1 unspecified atom stereocenters. The molecule has 0 fully saturated rings. The fraction of sp³-hybridized carbons (Fsp3) is 0.238. The van der Waals surface area contributed by atoms with Gasteiger partial charge in [-0.25, -0.2) is 19.7 Å². The molecule has 1 aliphatic heterocycles. The maximum atomic E-state index is 13.3. The van der Waals surface area contributed by atoms with E-state index in [2.05, 4.69) is 20.3 Å². The predicted octanol–water partition coefficient (Wildman–Crippen LogP) is 1.06. The van der Waals surface area contributed by atoms with E-state index in [1.165, 1.54) is 18.5 Å². The van der Waals surface area contributed by atoms with Gasteiger partial charge in [0.2, 0.25) is 5.91 Å². The monoisotopic (exact) mass is 481 g/mol. The highest BCUT2D eigenvalue weighted by Gasteiger charge is 2.39. The summed E-state index contributed by atoms with van der Waals surface area (Å²) in [6.45, 7) is 0. The molecule has 34 heavy (non-hydrogen) atoms. The number of aromatic carboxylic acids is 1. The minimum Gasteiger partial charge on any atom is -0.535 e. The van der Waals surface area contributed by atoms with Crippen molar-refractivity contribution in [3.63, 3.8) is 0 Å². The molecule has 0 saturated heterocycles. The van der Waals surface area contributed by atoms with Crippen LogP contribution in [0, 0.1) is 0 Å². The van der Waals surface area contributed by atoms with Gasteiger partial charge >= 0.3 is 13.1 Å². The number of nitrogens with zero attached hydrogens (tertiary/aromatic N) is 3. The van der Waals surface area contributed by atoms with Crippen LogP contribution in [0.5, 0.6) is 5.75 Å². The summed E-state index contributed by atoms with van der Waals surface area (Å²) >= 11 is 1.13. The molecule has 3 heterocycles. The number of ketones is 1. The molecule has 0 saturated carbocycles. The van der Waals surface area contributed by atoms with Gasteiger partial charge < -0.3 is 25.8 Å². The number of carbonyl (C=O) groups is 3. The van der Waals surface area contributed by atoms with Crippen LogP contribution >= 0.6 is 11.3 Å². The number of hydrogen-bond donors (Lipinski definition) is 4. The summed E-state index contributed by atoms with van der Waals surface area (Å²) in [4.78, 5) is 49.5. The number of amides is 1. The Balaban J connectivity index is 1.51. The van der Waals surface area contributed by atoms with Crippen LogP contribution in [0.1, 0.15) is 39.9 Å². The normalized spacial score (nSPS) is 15.7. The molecular weight excluding hydrogens is 461 g/mol. The van der Waals surface area contributed by atoms with Gasteiger partial charge in [0.25, 0.3) is 0 Å².